The number of benzene rings is 2. The van der Waals surface area contributed by atoms with Gasteiger partial charge < -0.3 is 48.8 Å². The SMILES string of the molecule is C.CCCOCCOC(=O)c1cc(O)cc(C(=O)OC)c1.COC(=O)c1cc(O)cc(C(=O)OC)c1.OCCOCCO. The Labute approximate surface area is 250 Å². The molecule has 0 atom stereocenters. The van der Waals surface area contributed by atoms with Gasteiger partial charge in [0.25, 0.3) is 0 Å². The second-order valence-electron chi connectivity index (χ2n) is 7.82. The molecule has 43 heavy (non-hydrogen) atoms. The summed E-state index contributed by atoms with van der Waals surface area (Å²) in [5.74, 6) is -2.93. The van der Waals surface area contributed by atoms with Crippen molar-refractivity contribution in [1.29, 1.82) is 0 Å². The molecule has 0 radical (unpaired) electrons. The normalized spacial score (nSPS) is 9.53. The molecule has 0 aromatic heterocycles. The fourth-order valence-electron chi connectivity index (χ4n) is 2.80. The minimum atomic E-state index is -0.638. The lowest BCUT2D eigenvalue weighted by molar-refractivity contribution is 0.0318. The van der Waals surface area contributed by atoms with Gasteiger partial charge in [0.1, 0.15) is 18.1 Å². The molecule has 0 bridgehead atoms. The zero-order chi connectivity index (χ0) is 31.9. The molecule has 14 heteroatoms. The van der Waals surface area contributed by atoms with Crippen LogP contribution in [-0.2, 0) is 28.4 Å². The van der Waals surface area contributed by atoms with Crippen LogP contribution in [0.15, 0.2) is 36.4 Å². The quantitative estimate of drug-likeness (QED) is 0.145. The molecule has 0 saturated heterocycles. The summed E-state index contributed by atoms with van der Waals surface area (Å²) in [5.41, 5.74) is 0.360. The van der Waals surface area contributed by atoms with Crippen LogP contribution in [0.4, 0.5) is 0 Å². The summed E-state index contributed by atoms with van der Waals surface area (Å²) in [6.07, 6.45) is 0.892. The van der Waals surface area contributed by atoms with Crippen LogP contribution in [0.3, 0.4) is 0 Å². The molecule has 0 saturated carbocycles. The van der Waals surface area contributed by atoms with Gasteiger partial charge in [0.05, 0.1) is 76.6 Å². The number of rotatable bonds is 13. The van der Waals surface area contributed by atoms with Crippen LogP contribution in [0.2, 0.25) is 0 Å². The number of carbonyl (C=O) groups is 4. The third kappa shape index (κ3) is 17.3. The number of phenolic OH excluding ortho intramolecular Hbond substituents is 2. The van der Waals surface area contributed by atoms with Crippen molar-refractivity contribution in [2.24, 2.45) is 0 Å². The van der Waals surface area contributed by atoms with Crippen LogP contribution < -0.4 is 0 Å². The Bertz CT molecular complexity index is 1080. The third-order valence-corrected chi connectivity index (χ3v) is 4.62. The second-order valence-corrected chi connectivity index (χ2v) is 7.82. The first-order valence-corrected chi connectivity index (χ1v) is 12.6. The predicted molar refractivity (Wildman–Crippen MR) is 153 cm³/mol. The van der Waals surface area contributed by atoms with Gasteiger partial charge in [0.15, 0.2) is 0 Å². The molecular formula is C29H42O14. The van der Waals surface area contributed by atoms with Gasteiger partial charge in [0.2, 0.25) is 0 Å². The average Bonchev–Trinajstić information content (AvgIpc) is 2.99. The second kappa shape index (κ2) is 24.4. The first-order chi connectivity index (χ1) is 20.1. The zero-order valence-electron chi connectivity index (χ0n) is 24.0. The maximum Gasteiger partial charge on any atom is 0.338 e. The molecule has 0 heterocycles. The Hall–Kier alpha value is -4.24. The maximum absolute atomic E-state index is 11.8. The van der Waals surface area contributed by atoms with E-state index in [9.17, 15) is 29.4 Å². The van der Waals surface area contributed by atoms with Gasteiger partial charge in [-0.1, -0.05) is 14.4 Å². The minimum Gasteiger partial charge on any atom is -0.508 e. The Balaban J connectivity index is 0. The number of aliphatic hydroxyl groups excluding tert-OH is 2. The lowest BCUT2D eigenvalue weighted by atomic mass is 10.1. The minimum absolute atomic E-state index is 0. The number of methoxy groups -OCH3 is 3. The van der Waals surface area contributed by atoms with E-state index in [2.05, 4.69) is 18.9 Å². The Morgan fingerprint density at radius 1 is 0.558 bits per heavy atom. The average molecular weight is 615 g/mol. The van der Waals surface area contributed by atoms with Gasteiger partial charge in [0, 0.05) is 6.61 Å². The number of hydrogen-bond acceptors (Lipinski definition) is 14. The highest BCUT2D eigenvalue weighted by Gasteiger charge is 2.15. The van der Waals surface area contributed by atoms with E-state index in [0.717, 1.165) is 6.42 Å². The van der Waals surface area contributed by atoms with Crippen molar-refractivity contribution < 1.29 is 68.0 Å². The van der Waals surface area contributed by atoms with Gasteiger partial charge in [-0.15, -0.1) is 0 Å². The van der Waals surface area contributed by atoms with E-state index in [-0.39, 0.29) is 61.0 Å². The fourth-order valence-corrected chi connectivity index (χ4v) is 2.80. The van der Waals surface area contributed by atoms with E-state index in [1.807, 2.05) is 6.92 Å². The number of aromatic hydroxyl groups is 2. The number of hydrogen-bond donors (Lipinski definition) is 4. The highest BCUT2D eigenvalue weighted by atomic mass is 16.6. The van der Waals surface area contributed by atoms with Crippen LogP contribution in [0.25, 0.3) is 0 Å². The van der Waals surface area contributed by atoms with Crippen molar-refractivity contribution in [1.82, 2.24) is 0 Å². The van der Waals surface area contributed by atoms with Crippen LogP contribution in [-0.4, -0.2) is 112 Å². The van der Waals surface area contributed by atoms with E-state index in [4.69, 9.17) is 19.7 Å². The van der Waals surface area contributed by atoms with Crippen molar-refractivity contribution in [2.75, 3.05) is 67.6 Å². The Morgan fingerprint density at radius 2 is 0.907 bits per heavy atom. The summed E-state index contributed by atoms with van der Waals surface area (Å²) in [6, 6.07) is 7.45. The van der Waals surface area contributed by atoms with E-state index in [1.165, 1.54) is 57.7 Å². The zero-order valence-corrected chi connectivity index (χ0v) is 24.0. The molecule has 0 aliphatic rings. The molecule has 0 amide bonds. The third-order valence-electron chi connectivity index (χ3n) is 4.62. The molecule has 2 aromatic carbocycles. The van der Waals surface area contributed by atoms with Crippen LogP contribution in [0.5, 0.6) is 11.5 Å². The first kappa shape index (κ1) is 40.9. The number of aliphatic hydroxyl groups is 2. The maximum atomic E-state index is 11.8. The number of phenols is 2. The standard InChI is InChI=1S/C14H18O6.C10H10O5.C4H10O3.CH4/c1-3-4-19-5-6-20-14(17)11-7-10(13(16)18-2)8-12(15)9-11;1-14-9(12)6-3-7(10(13)15-2)5-8(11)4-6;5-1-3-7-4-2-6;/h7-9,15H,3-6H2,1-2H3;3-5,11H,1-2H3;5-6H,1-4H2;1H4. The van der Waals surface area contributed by atoms with Gasteiger partial charge in [-0.05, 0) is 42.8 Å². The monoisotopic (exact) mass is 614 g/mol. The van der Waals surface area contributed by atoms with Gasteiger partial charge in [-0.3, -0.25) is 0 Å². The Kier molecular flexibility index (Phi) is 23.2. The summed E-state index contributed by atoms with van der Waals surface area (Å²) in [6.45, 7) is 3.70. The van der Waals surface area contributed by atoms with Crippen LogP contribution >= 0.6 is 0 Å². The van der Waals surface area contributed by atoms with E-state index in [0.29, 0.717) is 26.4 Å². The molecule has 4 N–H and O–H groups in total. The summed E-state index contributed by atoms with van der Waals surface area (Å²) < 4.78 is 28.2. The molecule has 0 aliphatic carbocycles. The van der Waals surface area contributed by atoms with Crippen LogP contribution in [0, 0.1) is 0 Å². The smallest absolute Gasteiger partial charge is 0.338 e. The summed E-state index contributed by atoms with van der Waals surface area (Å²) in [7, 11) is 3.64. The predicted octanol–water partition coefficient (Wildman–Crippen LogP) is 2.35. The largest absolute Gasteiger partial charge is 0.508 e. The van der Waals surface area contributed by atoms with Gasteiger partial charge >= 0.3 is 23.9 Å². The summed E-state index contributed by atoms with van der Waals surface area (Å²) >= 11 is 0. The van der Waals surface area contributed by atoms with Gasteiger partial charge in [-0.25, -0.2) is 19.2 Å². The number of esters is 4. The molecule has 0 spiro atoms. The number of carbonyl (C=O) groups excluding carboxylic acids is 4. The number of ether oxygens (including phenoxy) is 6. The summed E-state index contributed by atoms with van der Waals surface area (Å²) in [5, 5.41) is 34.9. The summed E-state index contributed by atoms with van der Waals surface area (Å²) in [4.78, 5) is 45.4. The molecule has 0 unspecified atom stereocenters. The molecule has 242 valence electrons. The molecule has 2 rings (SSSR count). The van der Waals surface area contributed by atoms with Crippen LogP contribution in [0.1, 0.15) is 62.2 Å². The van der Waals surface area contributed by atoms with Crippen molar-refractivity contribution >= 4 is 23.9 Å². The lowest BCUT2D eigenvalue weighted by Crippen LogP contribution is -2.12. The first-order valence-electron chi connectivity index (χ1n) is 12.6. The van der Waals surface area contributed by atoms with Crippen molar-refractivity contribution in [3.8, 4) is 11.5 Å². The van der Waals surface area contributed by atoms with E-state index >= 15 is 0 Å². The molecule has 0 aliphatic heterocycles. The molecule has 2 aromatic rings. The van der Waals surface area contributed by atoms with Crippen molar-refractivity contribution in [3.63, 3.8) is 0 Å². The highest BCUT2D eigenvalue weighted by Crippen LogP contribution is 2.18. The fraction of sp³-hybridized carbons (Fsp3) is 0.448. The highest BCUT2D eigenvalue weighted by molar-refractivity contribution is 5.96. The van der Waals surface area contributed by atoms with Gasteiger partial charge in [-0.2, -0.15) is 0 Å². The van der Waals surface area contributed by atoms with Crippen molar-refractivity contribution in [3.05, 3.63) is 58.7 Å². The van der Waals surface area contributed by atoms with Crippen molar-refractivity contribution in [2.45, 2.75) is 20.8 Å². The lowest BCUT2D eigenvalue weighted by Gasteiger charge is -2.07. The van der Waals surface area contributed by atoms with E-state index < -0.39 is 23.9 Å². The molecule has 14 nitrogen and oxygen atoms in total. The van der Waals surface area contributed by atoms with E-state index in [1.54, 1.807) is 0 Å². The topological polar surface area (TPSA) is 205 Å². The molecule has 0 fully saturated rings. The Morgan fingerprint density at radius 3 is 1.23 bits per heavy atom. The molecular weight excluding hydrogens is 572 g/mol.